The molecule has 1 aromatic heterocycles. The van der Waals surface area contributed by atoms with E-state index in [9.17, 15) is 4.79 Å². The summed E-state index contributed by atoms with van der Waals surface area (Å²) in [4.78, 5) is 12.6. The third kappa shape index (κ3) is 5.03. The van der Waals surface area contributed by atoms with Gasteiger partial charge in [0, 0.05) is 16.1 Å². The predicted molar refractivity (Wildman–Crippen MR) is 127 cm³/mol. The van der Waals surface area contributed by atoms with E-state index in [2.05, 4.69) is 21.2 Å². The number of aromatic nitrogens is 2. The van der Waals surface area contributed by atoms with Crippen LogP contribution in [0.2, 0.25) is 0 Å². The zero-order valence-electron chi connectivity index (χ0n) is 17.3. The fourth-order valence-electron chi connectivity index (χ4n) is 3.16. The summed E-state index contributed by atoms with van der Waals surface area (Å²) >= 11 is 3.50. The molecular weight excluding hydrogens is 454 g/mol. The van der Waals surface area contributed by atoms with E-state index < -0.39 is 0 Å². The molecule has 0 bridgehead atoms. The quantitative estimate of drug-likeness (QED) is 0.375. The van der Waals surface area contributed by atoms with Gasteiger partial charge in [0.25, 0.3) is 5.91 Å². The maximum absolute atomic E-state index is 12.6. The molecule has 0 atom stereocenters. The van der Waals surface area contributed by atoms with Crippen LogP contribution in [0.5, 0.6) is 5.75 Å². The van der Waals surface area contributed by atoms with Crippen LogP contribution >= 0.6 is 15.9 Å². The van der Waals surface area contributed by atoms with Crippen LogP contribution in [-0.2, 0) is 4.79 Å². The first kappa shape index (κ1) is 20.9. The average molecular weight is 476 g/mol. The molecule has 0 unspecified atom stereocenters. The fourth-order valence-corrected chi connectivity index (χ4v) is 3.56. The molecule has 4 rings (SSSR count). The number of aryl methyl sites for hydroxylation is 2. The molecule has 0 spiro atoms. The molecule has 1 amide bonds. The first-order valence-electron chi connectivity index (χ1n) is 9.91. The standard InChI is InChI=1S/C25H22BrN3O2/c1-17-11-12-22(13-18(17)2)31-16-25(30)27-24-15-23(19-7-6-8-20(26)14-19)28-29(24)21-9-4-3-5-10-21/h3-15H,16H2,1-2H3,(H,27,30). The third-order valence-corrected chi connectivity index (χ3v) is 5.44. The molecule has 5 nitrogen and oxygen atoms in total. The number of nitrogens with zero attached hydrogens (tertiary/aromatic N) is 2. The highest BCUT2D eigenvalue weighted by molar-refractivity contribution is 9.10. The van der Waals surface area contributed by atoms with E-state index in [4.69, 9.17) is 9.84 Å². The molecule has 4 aromatic rings. The first-order chi connectivity index (χ1) is 15.0. The topological polar surface area (TPSA) is 56.1 Å². The van der Waals surface area contributed by atoms with Crippen molar-refractivity contribution >= 4 is 27.7 Å². The van der Waals surface area contributed by atoms with Crippen molar-refractivity contribution in [2.24, 2.45) is 0 Å². The molecule has 0 radical (unpaired) electrons. The maximum Gasteiger partial charge on any atom is 0.263 e. The zero-order valence-corrected chi connectivity index (χ0v) is 18.9. The second kappa shape index (κ2) is 9.18. The van der Waals surface area contributed by atoms with Crippen LogP contribution in [0.15, 0.2) is 83.3 Å². The summed E-state index contributed by atoms with van der Waals surface area (Å²) < 4.78 is 8.37. The Morgan fingerprint density at radius 3 is 2.52 bits per heavy atom. The van der Waals surface area contributed by atoms with Crippen LogP contribution in [0.25, 0.3) is 16.9 Å². The summed E-state index contributed by atoms with van der Waals surface area (Å²) in [5.74, 6) is 0.996. The molecule has 0 saturated heterocycles. The van der Waals surface area contributed by atoms with E-state index in [-0.39, 0.29) is 12.5 Å². The van der Waals surface area contributed by atoms with Gasteiger partial charge in [0.05, 0.1) is 11.4 Å². The minimum absolute atomic E-state index is 0.0886. The van der Waals surface area contributed by atoms with Gasteiger partial charge in [-0.1, -0.05) is 52.3 Å². The molecule has 1 N–H and O–H groups in total. The predicted octanol–water partition coefficient (Wildman–Crippen LogP) is 5.94. The fraction of sp³-hybridized carbons (Fsp3) is 0.120. The summed E-state index contributed by atoms with van der Waals surface area (Å²) in [5.41, 5.74) is 4.87. The molecular formula is C25H22BrN3O2. The Morgan fingerprint density at radius 2 is 1.77 bits per heavy atom. The Morgan fingerprint density at radius 1 is 0.968 bits per heavy atom. The highest BCUT2D eigenvalue weighted by Crippen LogP contribution is 2.27. The second-order valence-corrected chi connectivity index (χ2v) is 8.17. The molecule has 0 aliphatic carbocycles. The number of para-hydroxylation sites is 1. The molecule has 3 aromatic carbocycles. The molecule has 0 fully saturated rings. The molecule has 31 heavy (non-hydrogen) atoms. The number of hydrogen-bond acceptors (Lipinski definition) is 3. The lowest BCUT2D eigenvalue weighted by molar-refractivity contribution is -0.118. The molecule has 156 valence electrons. The van der Waals surface area contributed by atoms with Crippen molar-refractivity contribution in [3.05, 3.63) is 94.5 Å². The van der Waals surface area contributed by atoms with Crippen LogP contribution in [0.1, 0.15) is 11.1 Å². The van der Waals surface area contributed by atoms with Gasteiger partial charge in [-0.15, -0.1) is 0 Å². The van der Waals surface area contributed by atoms with Crippen LogP contribution in [0, 0.1) is 13.8 Å². The van der Waals surface area contributed by atoms with E-state index >= 15 is 0 Å². The molecule has 6 heteroatoms. The lowest BCUT2D eigenvalue weighted by Gasteiger charge is -2.10. The van der Waals surface area contributed by atoms with E-state index in [1.807, 2.05) is 92.7 Å². The van der Waals surface area contributed by atoms with Crippen molar-refractivity contribution in [3.63, 3.8) is 0 Å². The highest BCUT2D eigenvalue weighted by atomic mass is 79.9. The summed E-state index contributed by atoms with van der Waals surface area (Å²) in [5, 5.41) is 7.66. The highest BCUT2D eigenvalue weighted by Gasteiger charge is 2.14. The van der Waals surface area contributed by atoms with Gasteiger partial charge in [-0.25, -0.2) is 4.68 Å². The SMILES string of the molecule is Cc1ccc(OCC(=O)Nc2cc(-c3cccc(Br)c3)nn2-c2ccccc2)cc1C. The molecule has 0 saturated carbocycles. The van der Waals surface area contributed by atoms with E-state index in [0.717, 1.165) is 27.0 Å². The Labute approximate surface area is 189 Å². The van der Waals surface area contributed by atoms with Gasteiger partial charge in [0.1, 0.15) is 11.6 Å². The lowest BCUT2D eigenvalue weighted by Crippen LogP contribution is -2.21. The normalized spacial score (nSPS) is 10.7. The van der Waals surface area contributed by atoms with Crippen LogP contribution < -0.4 is 10.1 Å². The first-order valence-corrected chi connectivity index (χ1v) is 10.7. The van der Waals surface area contributed by atoms with Crippen molar-refractivity contribution in [3.8, 4) is 22.7 Å². The van der Waals surface area contributed by atoms with Gasteiger partial charge in [-0.2, -0.15) is 5.10 Å². The van der Waals surface area contributed by atoms with Crippen LogP contribution in [0.4, 0.5) is 5.82 Å². The van der Waals surface area contributed by atoms with Crippen molar-refractivity contribution in [2.45, 2.75) is 13.8 Å². The number of ether oxygens (including phenoxy) is 1. The smallest absolute Gasteiger partial charge is 0.263 e. The van der Waals surface area contributed by atoms with Gasteiger partial charge < -0.3 is 10.1 Å². The monoisotopic (exact) mass is 475 g/mol. The number of hydrogen-bond donors (Lipinski definition) is 1. The maximum atomic E-state index is 12.6. The second-order valence-electron chi connectivity index (χ2n) is 7.26. The summed E-state index contributed by atoms with van der Waals surface area (Å²) in [6.07, 6.45) is 0. The summed E-state index contributed by atoms with van der Waals surface area (Å²) in [6.45, 7) is 3.97. The minimum Gasteiger partial charge on any atom is -0.484 e. The Bertz CT molecular complexity index is 1220. The number of anilines is 1. The van der Waals surface area contributed by atoms with Crippen molar-refractivity contribution in [1.29, 1.82) is 0 Å². The molecule has 0 aliphatic rings. The number of carbonyl (C=O) groups is 1. The van der Waals surface area contributed by atoms with Crippen LogP contribution in [-0.4, -0.2) is 22.3 Å². The van der Waals surface area contributed by atoms with Crippen molar-refractivity contribution < 1.29 is 9.53 Å². The number of halogens is 1. The summed E-state index contributed by atoms with van der Waals surface area (Å²) in [6, 6.07) is 25.2. The Hall–Kier alpha value is -3.38. The number of amides is 1. The summed E-state index contributed by atoms with van der Waals surface area (Å²) in [7, 11) is 0. The number of rotatable bonds is 6. The average Bonchev–Trinajstić information content (AvgIpc) is 3.19. The van der Waals surface area contributed by atoms with Gasteiger partial charge in [-0.3, -0.25) is 4.79 Å². The lowest BCUT2D eigenvalue weighted by atomic mass is 10.1. The van der Waals surface area contributed by atoms with Gasteiger partial charge in [0.2, 0.25) is 0 Å². The van der Waals surface area contributed by atoms with Crippen molar-refractivity contribution in [2.75, 3.05) is 11.9 Å². The van der Waals surface area contributed by atoms with E-state index in [1.54, 1.807) is 4.68 Å². The van der Waals surface area contributed by atoms with Crippen LogP contribution in [0.3, 0.4) is 0 Å². The third-order valence-electron chi connectivity index (χ3n) is 4.95. The van der Waals surface area contributed by atoms with Gasteiger partial charge in [-0.05, 0) is 61.4 Å². The number of benzene rings is 3. The Balaban J connectivity index is 1.57. The largest absolute Gasteiger partial charge is 0.484 e. The number of carbonyl (C=O) groups excluding carboxylic acids is 1. The molecule has 1 heterocycles. The number of nitrogens with one attached hydrogen (secondary N) is 1. The van der Waals surface area contributed by atoms with Gasteiger partial charge >= 0.3 is 0 Å². The molecule has 0 aliphatic heterocycles. The van der Waals surface area contributed by atoms with E-state index in [1.165, 1.54) is 5.56 Å². The zero-order chi connectivity index (χ0) is 21.8. The van der Waals surface area contributed by atoms with E-state index in [0.29, 0.717) is 11.6 Å². The van der Waals surface area contributed by atoms with Crippen molar-refractivity contribution in [1.82, 2.24) is 9.78 Å². The van der Waals surface area contributed by atoms with Gasteiger partial charge in [0.15, 0.2) is 6.61 Å². The Kier molecular flexibility index (Phi) is 6.18. The minimum atomic E-state index is -0.254.